The Bertz CT molecular complexity index is 916. The number of nitrogens with two attached hydrogens (primary N) is 1. The summed E-state index contributed by atoms with van der Waals surface area (Å²) < 4.78 is 0. The molecule has 6 atom stereocenters. The molecule has 0 aromatic heterocycles. The third kappa shape index (κ3) is 3.36. The molecule has 3 heterocycles. The number of aliphatic carboxylic acids is 1. The molecule has 3 aliphatic heterocycles. The van der Waals surface area contributed by atoms with E-state index in [2.05, 4.69) is 30.4 Å². The molecule has 5 N–H and O–H groups in total. The number of fused-ring (bicyclic) bond motifs is 1. The van der Waals surface area contributed by atoms with Gasteiger partial charge in [0.1, 0.15) is 5.70 Å². The number of carbonyl (C=O) groups is 2. The van der Waals surface area contributed by atoms with Crippen molar-refractivity contribution in [3.05, 3.63) is 45.5 Å². The molecule has 7 nitrogen and oxygen atoms in total. The number of aliphatic hydroxyl groups excluding tert-OH is 1. The third-order valence-corrected chi connectivity index (χ3v) is 8.20. The zero-order chi connectivity index (χ0) is 21.7. The number of carboxylic acids is 1. The summed E-state index contributed by atoms with van der Waals surface area (Å²) in [6, 6.07) is 6.30. The molecule has 0 saturated carbocycles. The van der Waals surface area contributed by atoms with E-state index in [1.165, 1.54) is 16.0 Å². The Kier molecular flexibility index (Phi) is 5.69. The molecule has 0 aliphatic carbocycles. The highest BCUT2D eigenvalue weighted by atomic mass is 32.2. The molecule has 30 heavy (non-hydrogen) atoms. The fourth-order valence-corrected chi connectivity index (χ4v) is 6.55. The van der Waals surface area contributed by atoms with E-state index in [-0.39, 0.29) is 34.9 Å². The van der Waals surface area contributed by atoms with E-state index < -0.39 is 18.0 Å². The molecule has 1 aromatic rings. The molecule has 2 saturated heterocycles. The van der Waals surface area contributed by atoms with Crippen molar-refractivity contribution < 1.29 is 19.8 Å². The van der Waals surface area contributed by atoms with Gasteiger partial charge in [-0.25, -0.2) is 4.79 Å². The second-order valence-electron chi connectivity index (χ2n) is 8.60. The first kappa shape index (κ1) is 21.4. The van der Waals surface area contributed by atoms with Crippen LogP contribution in [0.3, 0.4) is 0 Å². The number of carboxylic acid groups (broad SMARTS) is 1. The number of β-lactam (4-membered cyclic amide) rings is 1. The lowest BCUT2D eigenvalue weighted by Gasteiger charge is -2.46. The monoisotopic (exact) mass is 431 g/mol. The van der Waals surface area contributed by atoms with Crippen molar-refractivity contribution in [1.82, 2.24) is 10.2 Å². The molecule has 1 amide bonds. The third-order valence-electron chi connectivity index (χ3n) is 6.68. The van der Waals surface area contributed by atoms with Crippen LogP contribution >= 0.6 is 11.8 Å². The molecule has 0 bridgehead atoms. The highest BCUT2D eigenvalue weighted by Gasteiger charge is 2.60. The number of hydrogen-bond acceptors (Lipinski definition) is 6. The minimum Gasteiger partial charge on any atom is -0.477 e. The largest absolute Gasteiger partial charge is 0.477 e. The van der Waals surface area contributed by atoms with Gasteiger partial charge in [-0.2, -0.15) is 0 Å². The number of rotatable bonds is 6. The number of nitrogens with one attached hydrogen (secondary N) is 1. The van der Waals surface area contributed by atoms with Crippen LogP contribution in [0.4, 0.5) is 0 Å². The maximum absolute atomic E-state index is 12.5. The van der Waals surface area contributed by atoms with Gasteiger partial charge in [-0.3, -0.25) is 4.79 Å². The summed E-state index contributed by atoms with van der Waals surface area (Å²) in [5.41, 5.74) is 9.41. The summed E-state index contributed by atoms with van der Waals surface area (Å²) in [6.45, 7) is 6.93. The van der Waals surface area contributed by atoms with E-state index >= 15 is 0 Å². The molecule has 162 valence electrons. The van der Waals surface area contributed by atoms with Gasteiger partial charge in [0, 0.05) is 35.2 Å². The lowest BCUT2D eigenvalue weighted by atomic mass is 9.79. The Balaban J connectivity index is 1.51. The van der Waals surface area contributed by atoms with Crippen molar-refractivity contribution in [2.75, 3.05) is 6.54 Å². The molecule has 4 rings (SSSR count). The van der Waals surface area contributed by atoms with E-state index in [4.69, 9.17) is 5.73 Å². The molecule has 0 radical (unpaired) electrons. The van der Waals surface area contributed by atoms with Crippen LogP contribution in [0.2, 0.25) is 0 Å². The molecule has 8 heteroatoms. The van der Waals surface area contributed by atoms with Gasteiger partial charge in [-0.1, -0.05) is 25.1 Å². The predicted molar refractivity (Wildman–Crippen MR) is 115 cm³/mol. The molecule has 2 fully saturated rings. The Labute approximate surface area is 180 Å². The smallest absolute Gasteiger partial charge is 0.353 e. The van der Waals surface area contributed by atoms with Gasteiger partial charge in [0.05, 0.1) is 18.1 Å². The van der Waals surface area contributed by atoms with Crippen molar-refractivity contribution in [3.63, 3.8) is 0 Å². The molecule has 3 aliphatic rings. The first-order valence-electron chi connectivity index (χ1n) is 10.4. The molecule has 1 aromatic carbocycles. The summed E-state index contributed by atoms with van der Waals surface area (Å²) in [6.07, 6.45) is 0.103. The van der Waals surface area contributed by atoms with Crippen LogP contribution in [-0.2, 0) is 16.1 Å². The number of amides is 1. The van der Waals surface area contributed by atoms with Crippen molar-refractivity contribution in [3.8, 4) is 0 Å². The first-order chi connectivity index (χ1) is 14.2. The molecular weight excluding hydrogens is 402 g/mol. The summed E-state index contributed by atoms with van der Waals surface area (Å²) in [5.74, 6) is -1.97. The summed E-state index contributed by atoms with van der Waals surface area (Å²) in [5, 5.41) is 23.6. The van der Waals surface area contributed by atoms with Crippen molar-refractivity contribution in [2.45, 2.75) is 57.2 Å². The highest BCUT2D eigenvalue weighted by molar-refractivity contribution is 8.03. The Morgan fingerprint density at radius 2 is 2.17 bits per heavy atom. The minimum atomic E-state index is -1.07. The molecule has 0 unspecified atom stereocenters. The summed E-state index contributed by atoms with van der Waals surface area (Å²) >= 11 is 1.57. The van der Waals surface area contributed by atoms with Crippen LogP contribution in [-0.4, -0.2) is 50.9 Å². The second kappa shape index (κ2) is 8.00. The lowest BCUT2D eigenvalue weighted by Crippen LogP contribution is -2.63. The van der Waals surface area contributed by atoms with Gasteiger partial charge < -0.3 is 26.2 Å². The number of aliphatic hydroxyl groups is 1. The molecular formula is C22H29N3O4S. The average molecular weight is 432 g/mol. The standard InChI is InChI=1S/C22H29N3O4S/c1-10-6-13(4-5-14(10)8-23)16-7-15(9-24-16)30-20-11(2)18-17(12(3)26)21(27)25(18)19(20)22(28)29/h4-6,11-12,15-18,24,26H,7-9,23H2,1-3H3,(H,28,29)/t11-,12-,15+,16-,17-,18-/m1/s1. The van der Waals surface area contributed by atoms with Crippen LogP contribution in [0.25, 0.3) is 0 Å². The van der Waals surface area contributed by atoms with Gasteiger partial charge in [-0.15, -0.1) is 11.8 Å². The predicted octanol–water partition coefficient (Wildman–Crippen LogP) is 1.74. The van der Waals surface area contributed by atoms with Crippen LogP contribution in [0, 0.1) is 18.8 Å². The summed E-state index contributed by atoms with van der Waals surface area (Å²) in [4.78, 5) is 26.6. The fraction of sp³-hybridized carbons (Fsp3) is 0.545. The van der Waals surface area contributed by atoms with Crippen LogP contribution < -0.4 is 11.1 Å². The minimum absolute atomic E-state index is 0.0940. The van der Waals surface area contributed by atoms with E-state index in [1.807, 2.05) is 6.92 Å². The SMILES string of the molecule is Cc1cc([C@H]2C[C@H](SC3=C(C(=O)O)N4C(=O)[C@H]([C@@H](C)O)[C@H]4[C@H]3C)CN2)ccc1CN. The van der Waals surface area contributed by atoms with Crippen molar-refractivity contribution >= 4 is 23.6 Å². The maximum Gasteiger partial charge on any atom is 0.353 e. The zero-order valence-corrected chi connectivity index (χ0v) is 18.3. The Morgan fingerprint density at radius 1 is 1.43 bits per heavy atom. The van der Waals surface area contributed by atoms with Crippen molar-refractivity contribution in [2.24, 2.45) is 17.6 Å². The zero-order valence-electron chi connectivity index (χ0n) is 17.5. The quantitative estimate of drug-likeness (QED) is 0.507. The fourth-order valence-electron chi connectivity index (χ4n) is 5.07. The van der Waals surface area contributed by atoms with Crippen molar-refractivity contribution in [1.29, 1.82) is 0 Å². The van der Waals surface area contributed by atoms with E-state index in [0.717, 1.165) is 23.4 Å². The second-order valence-corrected chi connectivity index (χ2v) is 9.94. The van der Waals surface area contributed by atoms with E-state index in [0.29, 0.717) is 6.54 Å². The van der Waals surface area contributed by atoms with Gasteiger partial charge in [0.2, 0.25) is 5.91 Å². The van der Waals surface area contributed by atoms with E-state index in [1.54, 1.807) is 18.7 Å². The average Bonchev–Trinajstić information content (AvgIpc) is 3.24. The molecule has 0 spiro atoms. The van der Waals surface area contributed by atoms with E-state index in [9.17, 15) is 19.8 Å². The number of thioether (sulfide) groups is 1. The van der Waals surface area contributed by atoms with Gasteiger partial charge in [0.15, 0.2) is 0 Å². The topological polar surface area (TPSA) is 116 Å². The Morgan fingerprint density at radius 3 is 2.77 bits per heavy atom. The van der Waals surface area contributed by atoms with Gasteiger partial charge in [-0.05, 0) is 37.0 Å². The maximum atomic E-state index is 12.5. The number of benzene rings is 1. The van der Waals surface area contributed by atoms with Gasteiger partial charge in [0.25, 0.3) is 0 Å². The van der Waals surface area contributed by atoms with Crippen LogP contribution in [0.15, 0.2) is 28.8 Å². The summed E-state index contributed by atoms with van der Waals surface area (Å²) in [7, 11) is 0. The van der Waals surface area contributed by atoms with Crippen LogP contribution in [0.1, 0.15) is 43.0 Å². The first-order valence-corrected chi connectivity index (χ1v) is 11.3. The normalized spacial score (nSPS) is 31.7. The number of hydrogen-bond donors (Lipinski definition) is 4. The van der Waals surface area contributed by atoms with Crippen LogP contribution in [0.5, 0.6) is 0 Å². The lowest BCUT2D eigenvalue weighted by molar-refractivity contribution is -0.163. The number of carbonyl (C=O) groups excluding carboxylic acids is 1. The number of aryl methyl sites for hydroxylation is 1. The number of nitrogens with zero attached hydrogens (tertiary/aromatic N) is 1. The highest BCUT2D eigenvalue weighted by Crippen LogP contribution is 2.52. The Hall–Kier alpha value is -1.87. The van der Waals surface area contributed by atoms with Gasteiger partial charge >= 0.3 is 5.97 Å².